The molecule has 0 saturated heterocycles. The summed E-state index contributed by atoms with van der Waals surface area (Å²) in [5, 5.41) is 5.21. The zero-order valence-corrected chi connectivity index (χ0v) is 19.3. The second kappa shape index (κ2) is 7.10. The van der Waals surface area contributed by atoms with Crippen molar-refractivity contribution in [3.8, 4) is 11.4 Å². The van der Waals surface area contributed by atoms with Crippen molar-refractivity contribution < 1.29 is 0 Å². The van der Waals surface area contributed by atoms with Gasteiger partial charge in [0.1, 0.15) is 0 Å². The fourth-order valence-corrected chi connectivity index (χ4v) is 5.46. The molecular formula is C32H24N2. The molecule has 162 valence electrons. The highest BCUT2D eigenvalue weighted by molar-refractivity contribution is 6.28. The highest BCUT2D eigenvalue weighted by atomic mass is 15.0. The van der Waals surface area contributed by atoms with E-state index in [2.05, 4.69) is 132 Å². The Labute approximate surface area is 198 Å². The quantitative estimate of drug-likeness (QED) is 0.257. The number of benzene rings is 5. The van der Waals surface area contributed by atoms with Crippen molar-refractivity contribution in [2.24, 2.45) is 0 Å². The Morgan fingerprint density at radius 1 is 0.382 bits per heavy atom. The zero-order valence-electron chi connectivity index (χ0n) is 19.3. The average Bonchev–Trinajstić information content (AvgIpc) is 3.38. The van der Waals surface area contributed by atoms with Crippen LogP contribution in [-0.4, -0.2) is 9.13 Å². The zero-order chi connectivity index (χ0) is 22.8. The molecule has 2 heterocycles. The minimum absolute atomic E-state index is 1.19. The van der Waals surface area contributed by atoms with Crippen LogP contribution in [0.2, 0.25) is 0 Å². The van der Waals surface area contributed by atoms with Gasteiger partial charge in [-0.15, -0.1) is 0 Å². The van der Waals surface area contributed by atoms with E-state index >= 15 is 0 Å². The van der Waals surface area contributed by atoms with Gasteiger partial charge in [-0.05, 0) is 62.4 Å². The Bertz CT molecular complexity index is 1710. The minimum Gasteiger partial charge on any atom is -0.309 e. The lowest BCUT2D eigenvalue weighted by atomic mass is 10.1. The third-order valence-corrected chi connectivity index (χ3v) is 7.06. The van der Waals surface area contributed by atoms with Crippen LogP contribution in [0.15, 0.2) is 109 Å². The van der Waals surface area contributed by atoms with Crippen molar-refractivity contribution in [3.63, 3.8) is 0 Å². The van der Waals surface area contributed by atoms with Gasteiger partial charge < -0.3 is 9.13 Å². The van der Waals surface area contributed by atoms with Crippen LogP contribution in [0, 0.1) is 13.8 Å². The molecule has 0 amide bonds. The van der Waals surface area contributed by atoms with E-state index in [0.717, 1.165) is 0 Å². The van der Waals surface area contributed by atoms with Crippen LogP contribution in [0.3, 0.4) is 0 Å². The monoisotopic (exact) mass is 436 g/mol. The second-order valence-corrected chi connectivity index (χ2v) is 9.23. The van der Waals surface area contributed by atoms with Crippen molar-refractivity contribution in [2.75, 3.05) is 0 Å². The molecule has 0 radical (unpaired) electrons. The molecule has 0 aliphatic carbocycles. The lowest BCUT2D eigenvalue weighted by Crippen LogP contribution is -1.95. The van der Waals surface area contributed by atoms with E-state index < -0.39 is 0 Å². The number of aromatic nitrogens is 2. The largest absolute Gasteiger partial charge is 0.309 e. The molecule has 0 N–H and O–H groups in total. The first-order valence-corrected chi connectivity index (χ1v) is 11.8. The summed E-state index contributed by atoms with van der Waals surface area (Å²) in [7, 11) is 0. The number of para-hydroxylation sites is 2. The van der Waals surface area contributed by atoms with Crippen molar-refractivity contribution >= 4 is 43.6 Å². The Hall–Kier alpha value is -4.30. The Morgan fingerprint density at radius 3 is 1.18 bits per heavy atom. The predicted octanol–water partition coefficient (Wildman–Crippen LogP) is 8.50. The first-order valence-electron chi connectivity index (χ1n) is 11.8. The van der Waals surface area contributed by atoms with Crippen LogP contribution < -0.4 is 0 Å². The van der Waals surface area contributed by atoms with Crippen LogP contribution >= 0.6 is 0 Å². The summed E-state index contributed by atoms with van der Waals surface area (Å²) in [5.74, 6) is 0. The SMILES string of the molecule is Cc1ccc(-n2c3ccccc3c3c4c5ccccc5n(-c5ccc(C)cc5)c4ccc32)cc1. The molecule has 2 aromatic heterocycles. The molecule has 0 bridgehead atoms. The van der Waals surface area contributed by atoms with Gasteiger partial charge in [-0.3, -0.25) is 0 Å². The summed E-state index contributed by atoms with van der Waals surface area (Å²) >= 11 is 0. The molecule has 7 rings (SSSR count). The smallest absolute Gasteiger partial charge is 0.0548 e. The first kappa shape index (κ1) is 19.2. The van der Waals surface area contributed by atoms with Crippen molar-refractivity contribution in [2.45, 2.75) is 13.8 Å². The number of rotatable bonds is 2. The maximum atomic E-state index is 2.40. The normalized spacial score (nSPS) is 11.8. The molecule has 7 aromatic rings. The molecule has 0 spiro atoms. The average molecular weight is 437 g/mol. The second-order valence-electron chi connectivity index (χ2n) is 9.23. The summed E-state index contributed by atoms with van der Waals surface area (Å²) in [6, 6.07) is 39.8. The maximum absolute atomic E-state index is 2.40. The third-order valence-electron chi connectivity index (χ3n) is 7.06. The van der Waals surface area contributed by atoms with Crippen molar-refractivity contribution in [1.82, 2.24) is 9.13 Å². The van der Waals surface area contributed by atoms with E-state index in [0.29, 0.717) is 0 Å². The van der Waals surface area contributed by atoms with E-state index in [1.54, 1.807) is 0 Å². The van der Waals surface area contributed by atoms with Gasteiger partial charge in [0.2, 0.25) is 0 Å². The van der Waals surface area contributed by atoms with Gasteiger partial charge in [0.05, 0.1) is 22.1 Å². The molecule has 2 heteroatoms. The molecule has 0 aliphatic heterocycles. The van der Waals surface area contributed by atoms with Gasteiger partial charge in [-0.2, -0.15) is 0 Å². The fraction of sp³-hybridized carbons (Fsp3) is 0.0625. The lowest BCUT2D eigenvalue weighted by Gasteiger charge is -2.09. The molecule has 0 fully saturated rings. The number of hydrogen-bond acceptors (Lipinski definition) is 0. The summed E-state index contributed by atoms with van der Waals surface area (Å²) in [6.45, 7) is 4.28. The topological polar surface area (TPSA) is 9.86 Å². The molecule has 0 aliphatic rings. The third kappa shape index (κ3) is 2.63. The van der Waals surface area contributed by atoms with Crippen LogP contribution in [0.4, 0.5) is 0 Å². The van der Waals surface area contributed by atoms with Gasteiger partial charge in [-0.1, -0.05) is 71.8 Å². The molecule has 0 unspecified atom stereocenters. The van der Waals surface area contributed by atoms with Gasteiger partial charge in [0.15, 0.2) is 0 Å². The Morgan fingerprint density at radius 2 is 0.765 bits per heavy atom. The highest BCUT2D eigenvalue weighted by Crippen LogP contribution is 2.42. The number of fused-ring (bicyclic) bond motifs is 7. The Kier molecular flexibility index (Phi) is 4.01. The van der Waals surface area contributed by atoms with Gasteiger partial charge >= 0.3 is 0 Å². The van der Waals surface area contributed by atoms with Gasteiger partial charge in [-0.25, -0.2) is 0 Å². The van der Waals surface area contributed by atoms with E-state index in [9.17, 15) is 0 Å². The number of hydrogen-bond donors (Lipinski definition) is 0. The summed E-state index contributed by atoms with van der Waals surface area (Å²) < 4.78 is 4.81. The van der Waals surface area contributed by atoms with E-state index in [4.69, 9.17) is 0 Å². The van der Waals surface area contributed by atoms with Crippen molar-refractivity contribution in [1.29, 1.82) is 0 Å². The van der Waals surface area contributed by atoms with E-state index in [1.165, 1.54) is 66.1 Å². The molecule has 5 aromatic carbocycles. The van der Waals surface area contributed by atoms with Crippen LogP contribution in [0.25, 0.3) is 55.0 Å². The van der Waals surface area contributed by atoms with Crippen LogP contribution in [0.5, 0.6) is 0 Å². The number of aryl methyl sites for hydroxylation is 2. The van der Waals surface area contributed by atoms with Crippen LogP contribution in [-0.2, 0) is 0 Å². The van der Waals surface area contributed by atoms with Crippen molar-refractivity contribution in [3.05, 3.63) is 120 Å². The molecule has 0 saturated carbocycles. The molecule has 34 heavy (non-hydrogen) atoms. The number of nitrogens with zero attached hydrogens (tertiary/aromatic N) is 2. The molecule has 2 nitrogen and oxygen atoms in total. The highest BCUT2D eigenvalue weighted by Gasteiger charge is 2.19. The summed E-state index contributed by atoms with van der Waals surface area (Å²) in [5.41, 5.74) is 9.88. The minimum atomic E-state index is 1.19. The summed E-state index contributed by atoms with van der Waals surface area (Å²) in [4.78, 5) is 0. The van der Waals surface area contributed by atoms with E-state index in [1.807, 2.05) is 0 Å². The molecular weight excluding hydrogens is 412 g/mol. The van der Waals surface area contributed by atoms with E-state index in [-0.39, 0.29) is 0 Å². The maximum Gasteiger partial charge on any atom is 0.0548 e. The fourth-order valence-electron chi connectivity index (χ4n) is 5.46. The van der Waals surface area contributed by atoms with Gasteiger partial charge in [0, 0.05) is 32.9 Å². The standard InChI is InChI=1S/C32H24N2/c1-21-11-15-23(16-12-21)33-27-9-5-3-7-25(27)31-29(33)19-20-30-32(31)26-8-4-6-10-28(26)34(30)24-17-13-22(2)14-18-24/h3-20H,1-2H3. The summed E-state index contributed by atoms with van der Waals surface area (Å²) in [6.07, 6.45) is 0. The Balaban J connectivity index is 1.69. The van der Waals surface area contributed by atoms with Crippen LogP contribution in [0.1, 0.15) is 11.1 Å². The predicted molar refractivity (Wildman–Crippen MR) is 145 cm³/mol. The van der Waals surface area contributed by atoms with Gasteiger partial charge in [0.25, 0.3) is 0 Å². The lowest BCUT2D eigenvalue weighted by molar-refractivity contribution is 1.17. The first-order chi connectivity index (χ1) is 16.7. The molecule has 0 atom stereocenters.